The zero-order valence-electron chi connectivity index (χ0n) is 15.1. The maximum absolute atomic E-state index is 12.8. The van der Waals surface area contributed by atoms with Gasteiger partial charge in [-0.15, -0.1) is 0 Å². The molecular formula is C19H15ClN3O5S+. The summed E-state index contributed by atoms with van der Waals surface area (Å²) in [6.07, 6.45) is 2.92. The summed E-state index contributed by atoms with van der Waals surface area (Å²) in [6, 6.07) is 12.4. The third-order valence-corrected chi connectivity index (χ3v) is 5.55. The van der Waals surface area contributed by atoms with E-state index in [2.05, 4.69) is 14.5 Å². The lowest BCUT2D eigenvalue weighted by Crippen LogP contribution is -2.16. The quantitative estimate of drug-likeness (QED) is 0.450. The van der Waals surface area contributed by atoms with Crippen LogP contribution in [0.4, 0.5) is 11.4 Å². The van der Waals surface area contributed by atoms with Gasteiger partial charge in [-0.05, 0) is 42.5 Å². The first-order valence-electron chi connectivity index (χ1n) is 8.20. The van der Waals surface area contributed by atoms with Gasteiger partial charge in [-0.3, -0.25) is 14.5 Å². The number of pyridine rings is 1. The highest BCUT2D eigenvalue weighted by molar-refractivity contribution is 7.92. The van der Waals surface area contributed by atoms with Crippen LogP contribution in [0.15, 0.2) is 71.9 Å². The van der Waals surface area contributed by atoms with Crippen molar-refractivity contribution in [1.29, 1.82) is 0 Å². The van der Waals surface area contributed by atoms with Gasteiger partial charge in [0.2, 0.25) is 0 Å². The van der Waals surface area contributed by atoms with Crippen molar-refractivity contribution in [3.8, 4) is 0 Å². The Hall–Kier alpha value is -3.30. The molecule has 1 heterocycles. The highest BCUT2D eigenvalue weighted by Gasteiger charge is 2.22. The Bertz CT molecular complexity index is 1170. The van der Waals surface area contributed by atoms with Crippen LogP contribution >= 0.6 is 11.6 Å². The molecule has 0 saturated carbocycles. The number of carbonyl (C=O) groups excluding carboxylic acids is 1. The molecule has 0 saturated heterocycles. The van der Waals surface area contributed by atoms with Gasteiger partial charge in [0.25, 0.3) is 14.9 Å². The second kappa shape index (κ2) is 8.38. The fourth-order valence-corrected chi connectivity index (χ4v) is 3.76. The summed E-state index contributed by atoms with van der Waals surface area (Å²) in [4.78, 5) is 32.8. The van der Waals surface area contributed by atoms with E-state index in [1.165, 1.54) is 74.1 Å². The van der Waals surface area contributed by atoms with Crippen molar-refractivity contribution in [2.75, 3.05) is 11.8 Å². The van der Waals surface area contributed by atoms with Crippen molar-refractivity contribution in [2.45, 2.75) is 4.90 Å². The molecule has 0 spiro atoms. The summed E-state index contributed by atoms with van der Waals surface area (Å²) in [5.41, 5.74) is 0.630. The summed E-state index contributed by atoms with van der Waals surface area (Å²) >= 11 is 6.01. The fourth-order valence-electron chi connectivity index (χ4n) is 2.51. The first kappa shape index (κ1) is 20.4. The van der Waals surface area contributed by atoms with Crippen molar-refractivity contribution in [2.24, 2.45) is 0 Å². The fraction of sp³-hybridized carbons (Fsp3) is 0.0526. The molecule has 3 aromatic rings. The van der Waals surface area contributed by atoms with Crippen LogP contribution in [-0.2, 0) is 14.9 Å². The Labute approximate surface area is 171 Å². The van der Waals surface area contributed by atoms with Gasteiger partial charge in [-0.25, -0.2) is 13.3 Å². The largest absolute Gasteiger partial charge is 0.316 e. The normalized spacial score (nSPS) is 11.0. The molecule has 1 aromatic heterocycles. The number of anilines is 1. The van der Waals surface area contributed by atoms with E-state index in [-0.39, 0.29) is 31.8 Å². The van der Waals surface area contributed by atoms with Gasteiger partial charge in [-0.1, -0.05) is 11.6 Å². The molecule has 0 atom stereocenters. The summed E-state index contributed by atoms with van der Waals surface area (Å²) < 4.78 is 27.9. The van der Waals surface area contributed by atoms with E-state index >= 15 is 0 Å². The molecule has 0 unspecified atom stereocenters. The van der Waals surface area contributed by atoms with Crippen molar-refractivity contribution in [1.82, 2.24) is 4.98 Å². The molecule has 0 aliphatic heterocycles. The van der Waals surface area contributed by atoms with Gasteiger partial charge < -0.3 is 0 Å². The number of aromatic nitrogens is 1. The minimum absolute atomic E-state index is 0.0719. The van der Waals surface area contributed by atoms with Crippen LogP contribution in [0.3, 0.4) is 0 Å². The van der Waals surface area contributed by atoms with Crippen LogP contribution in [-0.4, -0.2) is 31.2 Å². The molecule has 0 radical (unpaired) electrons. The number of hydrogen-bond acceptors (Lipinski definition) is 6. The van der Waals surface area contributed by atoms with Crippen molar-refractivity contribution >= 4 is 38.8 Å². The number of rotatable bonds is 7. The predicted molar refractivity (Wildman–Crippen MR) is 107 cm³/mol. The monoisotopic (exact) mass is 432 g/mol. The molecular weight excluding hydrogens is 418 g/mol. The lowest BCUT2D eigenvalue weighted by atomic mass is 10.0. The summed E-state index contributed by atoms with van der Waals surface area (Å²) in [6.45, 7) is 0. The molecule has 0 aliphatic carbocycles. The van der Waals surface area contributed by atoms with E-state index in [1.807, 2.05) is 0 Å². The minimum atomic E-state index is -4.03. The second-order valence-electron chi connectivity index (χ2n) is 5.79. The third kappa shape index (κ3) is 4.58. The average Bonchev–Trinajstić information content (AvgIpc) is 2.74. The van der Waals surface area contributed by atoms with E-state index < -0.39 is 15.8 Å². The molecule has 10 heteroatoms. The Morgan fingerprint density at radius 1 is 1.07 bits per heavy atom. The summed E-state index contributed by atoms with van der Waals surface area (Å²) in [7, 11) is -2.84. The number of nitrogens with one attached hydrogen (secondary N) is 1. The molecule has 3 rings (SSSR count). The Morgan fingerprint density at radius 3 is 2.34 bits per heavy atom. The lowest BCUT2D eigenvalue weighted by molar-refractivity contribution is -0.736. The third-order valence-electron chi connectivity index (χ3n) is 3.94. The first-order chi connectivity index (χ1) is 13.8. The van der Waals surface area contributed by atoms with Crippen molar-refractivity contribution in [3.05, 3.63) is 88.0 Å². The topological polar surface area (TPSA) is 105 Å². The Kier molecular flexibility index (Phi) is 5.90. The molecule has 29 heavy (non-hydrogen) atoms. The van der Waals surface area contributed by atoms with Crippen LogP contribution < -0.4 is 4.72 Å². The second-order valence-corrected chi connectivity index (χ2v) is 7.91. The van der Waals surface area contributed by atoms with Gasteiger partial charge in [0.15, 0.2) is 12.9 Å². The molecule has 8 nitrogen and oxygen atoms in total. The van der Waals surface area contributed by atoms with E-state index in [0.717, 1.165) is 0 Å². The van der Waals surface area contributed by atoms with Crippen LogP contribution in [0.2, 0.25) is 5.02 Å². The van der Waals surface area contributed by atoms with Crippen LogP contribution in [0, 0.1) is 4.91 Å². The van der Waals surface area contributed by atoms with Gasteiger partial charge >= 0.3 is 5.69 Å². The van der Waals surface area contributed by atoms with Gasteiger partial charge in [-0.2, -0.15) is 0 Å². The molecule has 0 aliphatic rings. The molecule has 1 N–H and O–H groups in total. The number of ketones is 1. The molecule has 2 aromatic carbocycles. The van der Waals surface area contributed by atoms with E-state index in [1.54, 1.807) is 0 Å². The Morgan fingerprint density at radius 2 is 1.72 bits per heavy atom. The number of halogens is 1. The first-order valence-corrected chi connectivity index (χ1v) is 10.1. The smallest absolute Gasteiger partial charge is 0.289 e. The number of benzene rings is 2. The SMILES string of the molecule is CO[N+](=O)c1ccc(S(=O)(=O)Nc2ccc(Cl)cc2C(=O)c2ccncc2)cc1. The lowest BCUT2D eigenvalue weighted by Gasteiger charge is -2.12. The number of hydrogen-bond donors (Lipinski definition) is 1. The molecule has 0 amide bonds. The number of nitrogens with zero attached hydrogens (tertiary/aromatic N) is 2. The average molecular weight is 433 g/mol. The van der Waals surface area contributed by atoms with Gasteiger partial charge in [0.05, 0.1) is 15.5 Å². The zero-order chi connectivity index (χ0) is 21.0. The van der Waals surface area contributed by atoms with Crippen LogP contribution in [0.25, 0.3) is 0 Å². The van der Waals surface area contributed by atoms with Gasteiger partial charge in [0, 0.05) is 40.7 Å². The van der Waals surface area contributed by atoms with Gasteiger partial charge in [0.1, 0.15) is 0 Å². The summed E-state index contributed by atoms with van der Waals surface area (Å²) in [5.74, 6) is -0.412. The van der Waals surface area contributed by atoms with Crippen LogP contribution in [0.5, 0.6) is 0 Å². The zero-order valence-corrected chi connectivity index (χ0v) is 16.6. The van der Waals surface area contributed by atoms with Crippen LogP contribution in [0.1, 0.15) is 15.9 Å². The number of sulfonamides is 1. The maximum atomic E-state index is 12.8. The molecule has 0 fully saturated rings. The maximum Gasteiger partial charge on any atom is 0.316 e. The molecule has 148 valence electrons. The van der Waals surface area contributed by atoms with E-state index in [4.69, 9.17) is 11.6 Å². The Balaban J connectivity index is 1.95. The van der Waals surface area contributed by atoms with E-state index in [0.29, 0.717) is 5.56 Å². The highest BCUT2D eigenvalue weighted by atomic mass is 35.5. The van der Waals surface area contributed by atoms with E-state index in [9.17, 15) is 18.1 Å². The minimum Gasteiger partial charge on any atom is -0.289 e. The standard InChI is InChI=1S/C19H14ClN3O5S/c1-28-23(25)15-3-5-16(6-4-15)29(26,27)22-18-7-2-14(20)12-17(18)19(24)13-8-10-21-11-9-13/h2-12H,1H3/p+1. The number of carbonyl (C=O) groups is 1. The molecule has 0 bridgehead atoms. The highest BCUT2D eigenvalue weighted by Crippen LogP contribution is 2.26. The van der Waals surface area contributed by atoms with Crippen molar-refractivity contribution in [3.63, 3.8) is 0 Å². The predicted octanol–water partition coefficient (Wildman–Crippen LogP) is 3.74. The van der Waals surface area contributed by atoms with Crippen molar-refractivity contribution < 1.29 is 23.0 Å². The summed E-state index contributed by atoms with van der Waals surface area (Å²) in [5, 5.41) is 0.282.